The average molecular weight is 216 g/mol. The maximum atomic E-state index is 9.48. The summed E-state index contributed by atoms with van der Waals surface area (Å²) < 4.78 is 0. The fourth-order valence-electron chi connectivity index (χ4n) is 0.929. The van der Waals surface area contributed by atoms with Gasteiger partial charge >= 0.3 is 0 Å². The highest BCUT2D eigenvalue weighted by atomic mass is 35.5. The Hall–Kier alpha value is -0.870. The van der Waals surface area contributed by atoms with Gasteiger partial charge in [-0.1, -0.05) is 11.6 Å². The van der Waals surface area contributed by atoms with Gasteiger partial charge in [-0.15, -0.1) is 0 Å². The molecular weight excluding hydrogens is 202 g/mol. The minimum Gasteiger partial charge on any atom is -0.389 e. The lowest BCUT2D eigenvalue weighted by Gasteiger charge is -2.18. The minimum atomic E-state index is -0.772. The van der Waals surface area contributed by atoms with Crippen LogP contribution in [0.15, 0.2) is 6.07 Å². The molecule has 78 valence electrons. The van der Waals surface area contributed by atoms with Crippen LogP contribution in [0.1, 0.15) is 19.7 Å². The second-order valence-corrected chi connectivity index (χ2v) is 4.18. The van der Waals surface area contributed by atoms with Gasteiger partial charge in [-0.3, -0.25) is 0 Å². The molecule has 0 aromatic carbocycles. The van der Waals surface area contributed by atoms with E-state index in [9.17, 15) is 5.11 Å². The van der Waals surface area contributed by atoms with Crippen LogP contribution in [0, 0.1) is 6.92 Å². The third-order valence-electron chi connectivity index (χ3n) is 1.51. The summed E-state index contributed by atoms with van der Waals surface area (Å²) >= 11 is 5.75. The van der Waals surface area contributed by atoms with Crippen LogP contribution in [-0.4, -0.2) is 27.2 Å². The number of rotatable bonds is 3. The second-order valence-electron chi connectivity index (χ2n) is 3.79. The van der Waals surface area contributed by atoms with Gasteiger partial charge in [0.2, 0.25) is 0 Å². The van der Waals surface area contributed by atoms with Crippen molar-refractivity contribution < 1.29 is 5.11 Å². The van der Waals surface area contributed by atoms with E-state index >= 15 is 0 Å². The molecule has 0 aliphatic rings. The highest BCUT2D eigenvalue weighted by molar-refractivity contribution is 6.29. The molecule has 1 aromatic rings. The maximum absolute atomic E-state index is 9.48. The Bertz CT molecular complexity index is 302. The Balaban J connectivity index is 2.68. The number of anilines is 1. The van der Waals surface area contributed by atoms with Crippen molar-refractivity contribution in [1.29, 1.82) is 0 Å². The van der Waals surface area contributed by atoms with Crippen LogP contribution in [0.3, 0.4) is 0 Å². The van der Waals surface area contributed by atoms with Gasteiger partial charge in [-0.2, -0.15) is 0 Å². The molecular formula is C9H14ClN3O. The molecule has 0 fully saturated rings. The van der Waals surface area contributed by atoms with Crippen LogP contribution in [0.4, 0.5) is 5.82 Å². The van der Waals surface area contributed by atoms with Crippen LogP contribution in [0.25, 0.3) is 0 Å². The van der Waals surface area contributed by atoms with E-state index in [4.69, 9.17) is 11.6 Å². The molecule has 0 bridgehead atoms. The molecule has 0 radical (unpaired) electrons. The number of nitrogens with zero attached hydrogens (tertiary/aromatic N) is 2. The van der Waals surface area contributed by atoms with Crippen molar-refractivity contribution in [3.8, 4) is 0 Å². The number of aliphatic hydroxyl groups is 1. The molecule has 0 amide bonds. The van der Waals surface area contributed by atoms with E-state index in [2.05, 4.69) is 15.3 Å². The third kappa shape index (κ3) is 3.89. The zero-order chi connectivity index (χ0) is 10.8. The van der Waals surface area contributed by atoms with Crippen molar-refractivity contribution in [2.75, 3.05) is 11.9 Å². The second kappa shape index (κ2) is 4.11. The lowest BCUT2D eigenvalue weighted by molar-refractivity contribution is 0.0944. The number of hydrogen-bond acceptors (Lipinski definition) is 4. The predicted octanol–water partition coefficient (Wildman–Crippen LogP) is 1.62. The first-order valence-electron chi connectivity index (χ1n) is 4.34. The van der Waals surface area contributed by atoms with Crippen LogP contribution in [-0.2, 0) is 0 Å². The van der Waals surface area contributed by atoms with Crippen molar-refractivity contribution in [2.45, 2.75) is 26.4 Å². The lowest BCUT2D eigenvalue weighted by Crippen LogP contribution is -2.29. The number of halogens is 1. The standard InChI is InChI=1S/C9H14ClN3O/c1-6-12-7(10)4-8(13-6)11-5-9(2,3)14/h4,14H,5H2,1-3H3,(H,11,12,13). The van der Waals surface area contributed by atoms with Gasteiger partial charge in [0.15, 0.2) is 0 Å². The zero-order valence-electron chi connectivity index (χ0n) is 8.50. The first kappa shape index (κ1) is 11.2. The van der Waals surface area contributed by atoms with Gasteiger partial charge in [-0.25, -0.2) is 9.97 Å². The molecule has 5 heteroatoms. The number of hydrogen-bond donors (Lipinski definition) is 2. The molecule has 1 heterocycles. The monoisotopic (exact) mass is 215 g/mol. The smallest absolute Gasteiger partial charge is 0.134 e. The summed E-state index contributed by atoms with van der Waals surface area (Å²) in [7, 11) is 0. The third-order valence-corrected chi connectivity index (χ3v) is 1.70. The molecule has 1 aromatic heterocycles. The van der Waals surface area contributed by atoms with E-state index < -0.39 is 5.60 Å². The summed E-state index contributed by atoms with van der Waals surface area (Å²) in [6, 6.07) is 1.63. The summed E-state index contributed by atoms with van der Waals surface area (Å²) in [5.74, 6) is 1.24. The van der Waals surface area contributed by atoms with E-state index in [1.54, 1.807) is 26.8 Å². The maximum Gasteiger partial charge on any atom is 0.134 e. The van der Waals surface area contributed by atoms with Gasteiger partial charge < -0.3 is 10.4 Å². The summed E-state index contributed by atoms with van der Waals surface area (Å²) in [5, 5.41) is 12.9. The Morgan fingerprint density at radius 2 is 2.14 bits per heavy atom. The van der Waals surface area contributed by atoms with E-state index in [0.29, 0.717) is 23.3 Å². The molecule has 2 N–H and O–H groups in total. The van der Waals surface area contributed by atoms with Gasteiger partial charge in [0, 0.05) is 12.6 Å². The fourth-order valence-corrected chi connectivity index (χ4v) is 1.15. The summed E-state index contributed by atoms with van der Waals surface area (Å²) in [6.07, 6.45) is 0. The number of nitrogens with one attached hydrogen (secondary N) is 1. The summed E-state index contributed by atoms with van der Waals surface area (Å²) in [4.78, 5) is 8.05. The quantitative estimate of drug-likeness (QED) is 0.753. The number of aryl methyl sites for hydroxylation is 1. The van der Waals surface area contributed by atoms with Crippen LogP contribution in [0.2, 0.25) is 5.15 Å². The highest BCUT2D eigenvalue weighted by Gasteiger charge is 2.12. The molecule has 0 atom stereocenters. The van der Waals surface area contributed by atoms with Gasteiger partial charge in [-0.05, 0) is 20.8 Å². The predicted molar refractivity (Wildman–Crippen MR) is 56.6 cm³/mol. The first-order valence-corrected chi connectivity index (χ1v) is 4.72. The molecule has 0 saturated heterocycles. The van der Waals surface area contributed by atoms with Crippen LogP contribution < -0.4 is 5.32 Å². The Morgan fingerprint density at radius 3 is 2.64 bits per heavy atom. The van der Waals surface area contributed by atoms with E-state index in [-0.39, 0.29) is 0 Å². The average Bonchev–Trinajstić information content (AvgIpc) is 1.97. The van der Waals surface area contributed by atoms with E-state index in [0.717, 1.165) is 0 Å². The highest BCUT2D eigenvalue weighted by Crippen LogP contribution is 2.12. The Morgan fingerprint density at radius 1 is 1.50 bits per heavy atom. The van der Waals surface area contributed by atoms with Gasteiger partial charge in [0.05, 0.1) is 5.60 Å². The first-order chi connectivity index (χ1) is 6.37. The van der Waals surface area contributed by atoms with Crippen LogP contribution in [0.5, 0.6) is 0 Å². The van der Waals surface area contributed by atoms with Crippen molar-refractivity contribution >= 4 is 17.4 Å². The lowest BCUT2D eigenvalue weighted by atomic mass is 10.1. The number of aromatic nitrogens is 2. The van der Waals surface area contributed by atoms with Crippen molar-refractivity contribution in [3.05, 3.63) is 17.0 Å². The van der Waals surface area contributed by atoms with Crippen molar-refractivity contribution in [2.24, 2.45) is 0 Å². The Kier molecular flexibility index (Phi) is 3.29. The minimum absolute atomic E-state index is 0.399. The van der Waals surface area contributed by atoms with Gasteiger partial charge in [0.25, 0.3) is 0 Å². The molecule has 0 saturated carbocycles. The van der Waals surface area contributed by atoms with E-state index in [1.165, 1.54) is 0 Å². The molecule has 14 heavy (non-hydrogen) atoms. The van der Waals surface area contributed by atoms with Crippen LogP contribution >= 0.6 is 11.6 Å². The summed E-state index contributed by atoms with van der Waals surface area (Å²) in [5.41, 5.74) is -0.772. The molecule has 0 unspecified atom stereocenters. The fraction of sp³-hybridized carbons (Fsp3) is 0.556. The van der Waals surface area contributed by atoms with E-state index in [1.807, 2.05) is 0 Å². The van der Waals surface area contributed by atoms with Crippen molar-refractivity contribution in [3.63, 3.8) is 0 Å². The summed E-state index contributed by atoms with van der Waals surface area (Å²) in [6.45, 7) is 5.62. The SMILES string of the molecule is Cc1nc(Cl)cc(NCC(C)(C)O)n1. The largest absolute Gasteiger partial charge is 0.389 e. The topological polar surface area (TPSA) is 58.0 Å². The normalized spacial score (nSPS) is 11.5. The molecule has 1 rings (SSSR count). The Labute approximate surface area is 88.3 Å². The molecule has 4 nitrogen and oxygen atoms in total. The van der Waals surface area contributed by atoms with Gasteiger partial charge in [0.1, 0.15) is 16.8 Å². The molecule has 0 aliphatic carbocycles. The van der Waals surface area contributed by atoms with Crippen molar-refractivity contribution in [1.82, 2.24) is 9.97 Å². The zero-order valence-corrected chi connectivity index (χ0v) is 9.26. The molecule has 0 aliphatic heterocycles. The molecule has 0 spiro atoms.